The van der Waals surface area contributed by atoms with Gasteiger partial charge in [-0.3, -0.25) is 4.79 Å². The lowest BCUT2D eigenvalue weighted by molar-refractivity contribution is -0.124. The molecule has 0 spiro atoms. The molecule has 1 amide bonds. The molecule has 1 rings (SSSR count). The van der Waals surface area contributed by atoms with Gasteiger partial charge in [0.1, 0.15) is 0 Å². The molecule has 3 N–H and O–H groups in total. The van der Waals surface area contributed by atoms with Gasteiger partial charge in [0.2, 0.25) is 5.91 Å². The topological polar surface area (TPSA) is 55.1 Å². The highest BCUT2D eigenvalue weighted by molar-refractivity contribution is 5.84. The Morgan fingerprint density at radius 1 is 1.21 bits per heavy atom. The number of rotatable bonds is 2. The molecular formula is C11H22N2O. The molecule has 14 heavy (non-hydrogen) atoms. The number of nitrogens with two attached hydrogens (primary N) is 1. The van der Waals surface area contributed by atoms with Crippen molar-refractivity contribution >= 4 is 5.91 Å². The molecule has 3 nitrogen and oxygen atoms in total. The summed E-state index contributed by atoms with van der Waals surface area (Å²) in [6.45, 7) is 4.53. The molecule has 1 saturated carbocycles. The number of primary amides is 1. The second-order valence-corrected chi connectivity index (χ2v) is 5.21. The molecule has 1 atom stereocenters. The molecule has 0 radical (unpaired) electrons. The second-order valence-electron chi connectivity index (χ2n) is 5.21. The molecule has 1 aliphatic rings. The van der Waals surface area contributed by atoms with E-state index in [2.05, 4.69) is 19.2 Å². The lowest BCUT2D eigenvalue weighted by atomic mass is 9.83. The SMILES string of the molecule is CNC1(C(N)=O)CCCC(C)(C)CC1. The van der Waals surface area contributed by atoms with Gasteiger partial charge in [-0.15, -0.1) is 0 Å². The van der Waals surface area contributed by atoms with Crippen molar-refractivity contribution in [1.29, 1.82) is 0 Å². The number of carbonyl (C=O) groups excluding carboxylic acids is 1. The summed E-state index contributed by atoms with van der Waals surface area (Å²) in [5, 5.41) is 3.12. The first kappa shape index (κ1) is 11.5. The molecule has 0 saturated heterocycles. The van der Waals surface area contributed by atoms with Crippen LogP contribution >= 0.6 is 0 Å². The van der Waals surface area contributed by atoms with Crippen LogP contribution in [0.15, 0.2) is 0 Å². The van der Waals surface area contributed by atoms with Gasteiger partial charge < -0.3 is 11.1 Å². The highest BCUT2D eigenvalue weighted by atomic mass is 16.1. The Kier molecular flexibility index (Phi) is 3.20. The molecule has 1 fully saturated rings. The van der Waals surface area contributed by atoms with Crippen molar-refractivity contribution in [3.05, 3.63) is 0 Å². The van der Waals surface area contributed by atoms with E-state index in [0.717, 1.165) is 25.7 Å². The van der Waals surface area contributed by atoms with Crippen LogP contribution in [0.5, 0.6) is 0 Å². The number of amides is 1. The van der Waals surface area contributed by atoms with Crippen LogP contribution in [-0.4, -0.2) is 18.5 Å². The Labute approximate surface area is 86.4 Å². The van der Waals surface area contributed by atoms with E-state index in [1.165, 1.54) is 6.42 Å². The van der Waals surface area contributed by atoms with Crippen LogP contribution in [0.4, 0.5) is 0 Å². The molecule has 0 bridgehead atoms. The lowest BCUT2D eigenvalue weighted by Gasteiger charge is -2.29. The number of likely N-dealkylation sites (N-methyl/N-ethyl adjacent to an activating group) is 1. The third-order valence-electron chi connectivity index (χ3n) is 3.64. The summed E-state index contributed by atoms with van der Waals surface area (Å²) in [6, 6.07) is 0. The first-order chi connectivity index (χ1) is 6.42. The fourth-order valence-corrected chi connectivity index (χ4v) is 2.29. The second kappa shape index (κ2) is 3.89. The summed E-state index contributed by atoms with van der Waals surface area (Å²) in [6.07, 6.45) is 5.07. The van der Waals surface area contributed by atoms with Crippen molar-refractivity contribution in [3.63, 3.8) is 0 Å². The minimum Gasteiger partial charge on any atom is -0.368 e. The molecule has 0 aromatic rings. The quantitative estimate of drug-likeness (QED) is 0.659. The molecule has 82 valence electrons. The normalized spacial score (nSPS) is 32.2. The van der Waals surface area contributed by atoms with Crippen LogP contribution in [-0.2, 0) is 4.79 Å². The minimum atomic E-state index is -0.451. The van der Waals surface area contributed by atoms with Crippen LogP contribution < -0.4 is 11.1 Å². The average Bonchev–Trinajstić information content (AvgIpc) is 2.25. The molecule has 0 heterocycles. The lowest BCUT2D eigenvalue weighted by Crippen LogP contribution is -2.53. The van der Waals surface area contributed by atoms with Gasteiger partial charge >= 0.3 is 0 Å². The molecule has 0 aromatic heterocycles. The predicted molar refractivity (Wildman–Crippen MR) is 57.9 cm³/mol. The van der Waals surface area contributed by atoms with Gasteiger partial charge in [-0.05, 0) is 38.1 Å². The number of nitrogens with one attached hydrogen (secondary N) is 1. The van der Waals surface area contributed by atoms with Crippen LogP contribution in [0.2, 0.25) is 0 Å². The van der Waals surface area contributed by atoms with E-state index in [-0.39, 0.29) is 5.91 Å². The van der Waals surface area contributed by atoms with E-state index < -0.39 is 5.54 Å². The largest absolute Gasteiger partial charge is 0.368 e. The van der Waals surface area contributed by atoms with E-state index >= 15 is 0 Å². The monoisotopic (exact) mass is 198 g/mol. The van der Waals surface area contributed by atoms with E-state index in [1.54, 1.807) is 0 Å². The standard InChI is InChI=1S/C11H22N2O/c1-10(2)5-4-6-11(13-3,8-7-10)9(12)14/h13H,4-8H2,1-3H3,(H2,12,14). The maximum atomic E-state index is 11.4. The molecule has 1 unspecified atom stereocenters. The summed E-state index contributed by atoms with van der Waals surface area (Å²) >= 11 is 0. The zero-order chi connectivity index (χ0) is 10.8. The number of carbonyl (C=O) groups is 1. The van der Waals surface area contributed by atoms with Crippen molar-refractivity contribution in [2.75, 3.05) is 7.05 Å². The predicted octanol–water partition coefficient (Wildman–Crippen LogP) is 1.42. The van der Waals surface area contributed by atoms with Gasteiger partial charge in [0.05, 0.1) is 5.54 Å². The first-order valence-electron chi connectivity index (χ1n) is 5.41. The number of hydrogen-bond acceptors (Lipinski definition) is 2. The summed E-state index contributed by atoms with van der Waals surface area (Å²) in [5.41, 5.74) is 5.37. The van der Waals surface area contributed by atoms with Crippen molar-refractivity contribution in [2.45, 2.75) is 51.5 Å². The fourth-order valence-electron chi connectivity index (χ4n) is 2.29. The van der Waals surface area contributed by atoms with Gasteiger partial charge in [0, 0.05) is 0 Å². The van der Waals surface area contributed by atoms with Crippen LogP contribution in [0.25, 0.3) is 0 Å². The first-order valence-corrected chi connectivity index (χ1v) is 5.41. The van der Waals surface area contributed by atoms with E-state index in [4.69, 9.17) is 5.73 Å². The highest BCUT2D eigenvalue weighted by Gasteiger charge is 2.38. The van der Waals surface area contributed by atoms with Crippen molar-refractivity contribution < 1.29 is 4.79 Å². The minimum absolute atomic E-state index is 0.197. The van der Waals surface area contributed by atoms with Gasteiger partial charge in [0.25, 0.3) is 0 Å². The zero-order valence-electron chi connectivity index (χ0n) is 9.52. The molecule has 0 aromatic carbocycles. The molecule has 3 heteroatoms. The summed E-state index contributed by atoms with van der Waals surface area (Å²) in [5.74, 6) is -0.197. The smallest absolute Gasteiger partial charge is 0.237 e. The Morgan fingerprint density at radius 2 is 1.86 bits per heavy atom. The van der Waals surface area contributed by atoms with Gasteiger partial charge in [-0.2, -0.15) is 0 Å². The third kappa shape index (κ3) is 2.27. The fraction of sp³-hybridized carbons (Fsp3) is 0.909. The summed E-state index contributed by atoms with van der Waals surface area (Å²) in [4.78, 5) is 11.4. The van der Waals surface area contributed by atoms with Gasteiger partial charge in [0.15, 0.2) is 0 Å². The van der Waals surface area contributed by atoms with E-state index in [1.807, 2.05) is 7.05 Å². The molecule has 1 aliphatic carbocycles. The van der Waals surface area contributed by atoms with E-state index in [0.29, 0.717) is 5.41 Å². The Hall–Kier alpha value is -0.570. The van der Waals surface area contributed by atoms with Gasteiger partial charge in [-0.1, -0.05) is 20.3 Å². The Bertz CT molecular complexity index is 225. The van der Waals surface area contributed by atoms with Gasteiger partial charge in [-0.25, -0.2) is 0 Å². The zero-order valence-corrected chi connectivity index (χ0v) is 9.52. The van der Waals surface area contributed by atoms with Crippen molar-refractivity contribution in [2.24, 2.45) is 11.1 Å². The average molecular weight is 198 g/mol. The molecule has 0 aliphatic heterocycles. The van der Waals surface area contributed by atoms with Crippen LogP contribution in [0.3, 0.4) is 0 Å². The third-order valence-corrected chi connectivity index (χ3v) is 3.64. The van der Waals surface area contributed by atoms with E-state index in [9.17, 15) is 4.79 Å². The van der Waals surface area contributed by atoms with Crippen molar-refractivity contribution in [1.82, 2.24) is 5.32 Å². The Balaban J connectivity index is 2.77. The summed E-state index contributed by atoms with van der Waals surface area (Å²) in [7, 11) is 1.84. The highest BCUT2D eigenvalue weighted by Crippen LogP contribution is 2.37. The maximum absolute atomic E-state index is 11.4. The maximum Gasteiger partial charge on any atom is 0.237 e. The Morgan fingerprint density at radius 3 is 2.36 bits per heavy atom. The number of hydrogen-bond donors (Lipinski definition) is 2. The molecular weight excluding hydrogens is 176 g/mol. The summed E-state index contributed by atoms with van der Waals surface area (Å²) < 4.78 is 0. The van der Waals surface area contributed by atoms with Crippen LogP contribution in [0.1, 0.15) is 46.0 Å². The van der Waals surface area contributed by atoms with Crippen molar-refractivity contribution in [3.8, 4) is 0 Å². The van der Waals surface area contributed by atoms with Crippen LogP contribution in [0, 0.1) is 5.41 Å².